The quantitative estimate of drug-likeness (QED) is 0.227. The van der Waals surface area contributed by atoms with E-state index < -0.39 is 0 Å². The summed E-state index contributed by atoms with van der Waals surface area (Å²) in [6.07, 6.45) is 3.34. The Hall–Kier alpha value is -3.73. The van der Waals surface area contributed by atoms with E-state index in [1.165, 1.54) is 5.06 Å². The standard InChI is InChI=1S/C21H20ClN7O3/c1-29(2)32-31-17-6-4-13(11-18(17)30-3)26-21-23-9-8-20(28-21)25-14-10-16-15(24-12-14)5-7-19(22)27-16/h4-12H,1-3H3,(H2,23,25,26,28). The molecule has 0 saturated carbocycles. The minimum atomic E-state index is 0.394. The van der Waals surface area contributed by atoms with Crippen molar-refractivity contribution in [3.05, 3.63) is 60.0 Å². The lowest BCUT2D eigenvalue weighted by molar-refractivity contribution is -0.349. The van der Waals surface area contributed by atoms with Crippen LogP contribution in [-0.2, 0) is 4.99 Å². The number of halogens is 1. The van der Waals surface area contributed by atoms with E-state index in [1.807, 2.05) is 12.1 Å². The number of anilines is 4. The Morgan fingerprint density at radius 2 is 1.75 bits per heavy atom. The van der Waals surface area contributed by atoms with Gasteiger partial charge >= 0.3 is 0 Å². The minimum Gasteiger partial charge on any atom is -0.493 e. The normalized spacial score (nSPS) is 10.9. The highest BCUT2D eigenvalue weighted by atomic mass is 35.5. The summed E-state index contributed by atoms with van der Waals surface area (Å²) in [6.45, 7) is 0. The third-order valence-electron chi connectivity index (χ3n) is 4.13. The summed E-state index contributed by atoms with van der Waals surface area (Å²) in [5, 5.41) is 8.17. The second kappa shape index (κ2) is 9.60. The number of hydrogen-bond donors (Lipinski definition) is 2. The number of ether oxygens (including phenoxy) is 1. The molecule has 4 aromatic rings. The number of rotatable bonds is 8. The molecule has 0 amide bonds. The molecular formula is C21H20ClN7O3. The first kappa shape index (κ1) is 21.5. The molecule has 0 spiro atoms. The molecule has 0 bridgehead atoms. The van der Waals surface area contributed by atoms with Crippen molar-refractivity contribution in [2.24, 2.45) is 0 Å². The summed E-state index contributed by atoms with van der Waals surface area (Å²) in [5.41, 5.74) is 2.87. The van der Waals surface area contributed by atoms with E-state index >= 15 is 0 Å². The summed E-state index contributed by atoms with van der Waals surface area (Å²) < 4.78 is 5.36. The van der Waals surface area contributed by atoms with Gasteiger partial charge in [0.1, 0.15) is 11.0 Å². The summed E-state index contributed by atoms with van der Waals surface area (Å²) in [5.74, 6) is 1.89. The Labute approximate surface area is 189 Å². The van der Waals surface area contributed by atoms with Gasteiger partial charge in [-0.15, -0.1) is 0 Å². The van der Waals surface area contributed by atoms with Crippen LogP contribution in [0.15, 0.2) is 54.9 Å². The van der Waals surface area contributed by atoms with Crippen LogP contribution in [-0.4, -0.2) is 46.2 Å². The molecule has 0 atom stereocenters. The molecule has 0 fully saturated rings. The number of hydroxylamine groups is 2. The number of aromatic nitrogens is 4. The highest BCUT2D eigenvalue weighted by Gasteiger charge is 2.09. The zero-order valence-corrected chi connectivity index (χ0v) is 18.3. The lowest BCUT2D eigenvalue weighted by Gasteiger charge is -2.13. The smallest absolute Gasteiger partial charge is 0.229 e. The van der Waals surface area contributed by atoms with E-state index in [9.17, 15) is 0 Å². The van der Waals surface area contributed by atoms with Gasteiger partial charge in [-0.05, 0) is 36.4 Å². The van der Waals surface area contributed by atoms with Gasteiger partial charge in [0, 0.05) is 32.0 Å². The number of benzene rings is 1. The van der Waals surface area contributed by atoms with Crippen molar-refractivity contribution in [3.63, 3.8) is 0 Å². The van der Waals surface area contributed by atoms with Gasteiger partial charge in [-0.2, -0.15) is 10.0 Å². The molecule has 3 heterocycles. The highest BCUT2D eigenvalue weighted by Crippen LogP contribution is 2.31. The third kappa shape index (κ3) is 5.30. The molecule has 0 saturated heterocycles. The van der Waals surface area contributed by atoms with Crippen LogP contribution in [0, 0.1) is 0 Å². The van der Waals surface area contributed by atoms with Crippen molar-refractivity contribution in [2.45, 2.75) is 0 Å². The molecule has 164 valence electrons. The maximum Gasteiger partial charge on any atom is 0.229 e. The fourth-order valence-corrected chi connectivity index (χ4v) is 2.90. The van der Waals surface area contributed by atoms with Gasteiger partial charge < -0.3 is 20.3 Å². The summed E-state index contributed by atoms with van der Waals surface area (Å²) in [7, 11) is 4.96. The molecule has 0 unspecified atom stereocenters. The Morgan fingerprint density at radius 3 is 2.56 bits per heavy atom. The highest BCUT2D eigenvalue weighted by molar-refractivity contribution is 6.29. The van der Waals surface area contributed by atoms with E-state index in [-0.39, 0.29) is 0 Å². The molecule has 0 aliphatic carbocycles. The number of pyridine rings is 2. The molecule has 2 N–H and O–H groups in total. The fraction of sp³-hybridized carbons (Fsp3) is 0.143. The summed E-state index contributed by atoms with van der Waals surface area (Å²) in [6, 6.07) is 12.4. The molecule has 11 heteroatoms. The van der Waals surface area contributed by atoms with Crippen LogP contribution < -0.4 is 20.3 Å². The number of fused-ring (bicyclic) bond motifs is 1. The van der Waals surface area contributed by atoms with Crippen molar-refractivity contribution in [1.82, 2.24) is 25.0 Å². The van der Waals surface area contributed by atoms with Gasteiger partial charge in [0.05, 0.1) is 30.0 Å². The molecule has 4 rings (SSSR count). The number of nitrogens with one attached hydrogen (secondary N) is 2. The van der Waals surface area contributed by atoms with Crippen LogP contribution in [0.4, 0.5) is 23.1 Å². The number of nitrogens with zero attached hydrogens (tertiary/aromatic N) is 5. The van der Waals surface area contributed by atoms with Crippen molar-refractivity contribution in [1.29, 1.82) is 0 Å². The fourth-order valence-electron chi connectivity index (χ4n) is 2.74. The molecule has 0 aliphatic heterocycles. The molecule has 0 radical (unpaired) electrons. The molecule has 10 nitrogen and oxygen atoms in total. The first-order valence-electron chi connectivity index (χ1n) is 9.49. The van der Waals surface area contributed by atoms with Gasteiger partial charge in [0.15, 0.2) is 5.75 Å². The largest absolute Gasteiger partial charge is 0.493 e. The number of methoxy groups -OCH3 is 1. The predicted molar refractivity (Wildman–Crippen MR) is 122 cm³/mol. The molecule has 3 aromatic heterocycles. The Morgan fingerprint density at radius 1 is 0.875 bits per heavy atom. The summed E-state index contributed by atoms with van der Waals surface area (Å²) >= 11 is 5.98. The third-order valence-corrected chi connectivity index (χ3v) is 4.34. The molecule has 1 aromatic carbocycles. The Kier molecular flexibility index (Phi) is 6.45. The van der Waals surface area contributed by atoms with Crippen LogP contribution in [0.25, 0.3) is 11.0 Å². The topological polar surface area (TPSA) is 107 Å². The van der Waals surface area contributed by atoms with E-state index in [1.54, 1.807) is 63.9 Å². The van der Waals surface area contributed by atoms with E-state index in [0.717, 1.165) is 11.2 Å². The Bertz CT molecular complexity index is 1240. The first-order valence-corrected chi connectivity index (χ1v) is 9.87. The van der Waals surface area contributed by atoms with Gasteiger partial charge in [-0.1, -0.05) is 16.6 Å². The van der Waals surface area contributed by atoms with Gasteiger partial charge in [-0.25, -0.2) is 9.97 Å². The monoisotopic (exact) mass is 453 g/mol. The zero-order valence-electron chi connectivity index (χ0n) is 17.5. The van der Waals surface area contributed by atoms with Crippen LogP contribution in [0.3, 0.4) is 0 Å². The zero-order chi connectivity index (χ0) is 22.5. The van der Waals surface area contributed by atoms with Gasteiger partial charge in [0.2, 0.25) is 11.7 Å². The van der Waals surface area contributed by atoms with Crippen LogP contribution in [0.2, 0.25) is 5.15 Å². The average molecular weight is 454 g/mol. The van der Waals surface area contributed by atoms with E-state index in [4.69, 9.17) is 26.2 Å². The lowest BCUT2D eigenvalue weighted by atomic mass is 10.3. The van der Waals surface area contributed by atoms with Crippen molar-refractivity contribution in [3.8, 4) is 11.5 Å². The number of hydrogen-bond acceptors (Lipinski definition) is 10. The van der Waals surface area contributed by atoms with E-state index in [0.29, 0.717) is 39.6 Å². The Balaban J connectivity index is 1.49. The maximum absolute atomic E-state index is 5.98. The van der Waals surface area contributed by atoms with Gasteiger partial charge in [0.25, 0.3) is 0 Å². The second-order valence-electron chi connectivity index (χ2n) is 6.75. The molecule has 32 heavy (non-hydrogen) atoms. The van der Waals surface area contributed by atoms with Crippen molar-refractivity contribution >= 4 is 45.8 Å². The van der Waals surface area contributed by atoms with Gasteiger partial charge in [-0.3, -0.25) is 4.98 Å². The van der Waals surface area contributed by atoms with Crippen molar-refractivity contribution < 1.29 is 14.6 Å². The van der Waals surface area contributed by atoms with Crippen LogP contribution in [0.5, 0.6) is 11.5 Å². The SMILES string of the molecule is COc1cc(Nc2nccc(Nc3cnc4ccc(Cl)nc4c3)n2)ccc1OON(C)C. The second-order valence-corrected chi connectivity index (χ2v) is 7.13. The van der Waals surface area contributed by atoms with Crippen LogP contribution in [0.1, 0.15) is 0 Å². The average Bonchev–Trinajstić information content (AvgIpc) is 2.78. The molecule has 0 aliphatic rings. The lowest BCUT2D eigenvalue weighted by Crippen LogP contribution is -2.15. The first-order chi connectivity index (χ1) is 15.5. The summed E-state index contributed by atoms with van der Waals surface area (Å²) in [4.78, 5) is 27.7. The maximum atomic E-state index is 5.98. The van der Waals surface area contributed by atoms with Crippen LogP contribution >= 0.6 is 11.6 Å². The van der Waals surface area contributed by atoms with Crippen molar-refractivity contribution in [2.75, 3.05) is 31.8 Å². The predicted octanol–water partition coefficient (Wildman–Crippen LogP) is 4.36. The minimum absolute atomic E-state index is 0.394. The van der Waals surface area contributed by atoms with E-state index in [2.05, 4.69) is 30.6 Å². The molecular weight excluding hydrogens is 434 g/mol.